The Morgan fingerprint density at radius 1 is 1.02 bits per heavy atom. The number of aromatic nitrogens is 1. The second-order valence-electron chi connectivity index (χ2n) is 14.4. The number of aliphatic hydroxyl groups excluding tert-OH is 3. The minimum absolute atomic E-state index is 0.0745. The lowest BCUT2D eigenvalue weighted by molar-refractivity contribution is -0.308. The van der Waals surface area contributed by atoms with E-state index in [1.807, 2.05) is 48.5 Å². The molecule has 268 valence electrons. The van der Waals surface area contributed by atoms with Crippen LogP contribution in [-0.4, -0.2) is 97.6 Å². The molecule has 9 atom stereocenters. The highest BCUT2D eigenvalue weighted by atomic mass is 16.7. The number of H-pyrrole nitrogens is 1. The summed E-state index contributed by atoms with van der Waals surface area (Å²) in [6.45, 7) is -0.996. The average Bonchev–Trinajstić information content (AvgIpc) is 3.60. The molecule has 0 amide bonds. The van der Waals surface area contributed by atoms with Crippen LogP contribution in [-0.2, 0) is 27.3 Å². The number of rotatable bonds is 8. The van der Waals surface area contributed by atoms with Crippen LogP contribution in [0.2, 0.25) is 0 Å². The Morgan fingerprint density at radius 3 is 2.47 bits per heavy atom. The predicted molar refractivity (Wildman–Crippen MR) is 187 cm³/mol. The minimum Gasteiger partial charge on any atom is -0.508 e. The molecule has 3 fully saturated rings. The van der Waals surface area contributed by atoms with Crippen molar-refractivity contribution in [3.05, 3.63) is 84.1 Å². The number of hydrogen-bond acceptors (Lipinski definition) is 11. The molecule has 1 saturated carbocycles. The first-order valence-corrected chi connectivity index (χ1v) is 17.4. The summed E-state index contributed by atoms with van der Waals surface area (Å²) in [5.41, 5.74) is -0.476. The van der Waals surface area contributed by atoms with Gasteiger partial charge in [-0.1, -0.05) is 42.5 Å². The molecule has 1 aliphatic carbocycles. The van der Waals surface area contributed by atoms with Gasteiger partial charge in [0.15, 0.2) is 17.5 Å². The van der Waals surface area contributed by atoms with Crippen LogP contribution >= 0.6 is 0 Å². The highest BCUT2D eigenvalue weighted by molar-refractivity contribution is 6.14. The molecule has 0 spiro atoms. The van der Waals surface area contributed by atoms with E-state index in [-0.39, 0.29) is 35.4 Å². The number of carbonyl (C=O) groups excluding carboxylic acids is 1. The molecule has 12 nitrogen and oxygen atoms in total. The monoisotopic (exact) mass is 698 g/mol. The molecule has 4 aromatic carbocycles. The van der Waals surface area contributed by atoms with Crippen molar-refractivity contribution < 1.29 is 49.6 Å². The molecule has 8 N–H and O–H groups in total. The second-order valence-corrected chi connectivity index (χ2v) is 14.4. The number of aromatic amines is 1. The number of ether oxygens (including phenoxy) is 3. The lowest BCUT2D eigenvalue weighted by atomic mass is 9.63. The summed E-state index contributed by atoms with van der Waals surface area (Å²) >= 11 is 0. The van der Waals surface area contributed by atoms with Crippen molar-refractivity contribution in [3.63, 3.8) is 0 Å². The van der Waals surface area contributed by atoms with Crippen molar-refractivity contribution >= 4 is 38.4 Å². The van der Waals surface area contributed by atoms with Gasteiger partial charge in [-0.05, 0) is 95.6 Å². The lowest BCUT2D eigenvalue weighted by Crippen LogP contribution is -2.67. The van der Waals surface area contributed by atoms with Crippen LogP contribution < -0.4 is 10.1 Å². The fraction of sp³-hybridized carbons (Fsp3) is 0.410. The number of benzene rings is 4. The number of esters is 1. The lowest BCUT2D eigenvalue weighted by Gasteiger charge is -2.53. The minimum atomic E-state index is -2.56. The normalized spacial score (nSPS) is 31.9. The zero-order valence-corrected chi connectivity index (χ0v) is 28.0. The van der Waals surface area contributed by atoms with E-state index in [0.717, 1.165) is 27.1 Å². The number of carbonyl (C=O) groups is 1. The standard InChI is InChI=1S/C39H42N2O10/c1-40-17-25-14-24-16-38(47)36(49-33(24)28(32(25)45)12-20-6-9-26(44)10-7-20)35(51-39(38,48)19-43)37(46)50-34-30(18-42)41-29-11-8-23-13-21-4-2-3-5-22(21)15-27(23)31(29)34/h2-11,13,15,24-25,28,32-33,35-36,40-45,47-48H,12,14,16-19H2,1H3/t24-,25-,28-,32-,33+,35-,36+,38-,39+/m1/s1. The fourth-order valence-corrected chi connectivity index (χ4v) is 8.91. The van der Waals surface area contributed by atoms with Crippen molar-refractivity contribution in [2.45, 2.75) is 61.7 Å². The maximum Gasteiger partial charge on any atom is 0.343 e. The highest BCUT2D eigenvalue weighted by Crippen LogP contribution is 2.54. The van der Waals surface area contributed by atoms with Crippen LogP contribution in [0.5, 0.6) is 11.5 Å². The first-order chi connectivity index (χ1) is 24.6. The quantitative estimate of drug-likeness (QED) is 0.0877. The summed E-state index contributed by atoms with van der Waals surface area (Å²) in [6.07, 6.45) is -3.87. The third-order valence-corrected chi connectivity index (χ3v) is 11.4. The number of phenols is 1. The molecule has 8 rings (SSSR count). The molecule has 0 bridgehead atoms. The predicted octanol–water partition coefficient (Wildman–Crippen LogP) is 2.62. The fourth-order valence-electron chi connectivity index (χ4n) is 8.91. The largest absolute Gasteiger partial charge is 0.508 e. The first-order valence-electron chi connectivity index (χ1n) is 17.4. The van der Waals surface area contributed by atoms with Crippen molar-refractivity contribution in [3.8, 4) is 11.5 Å². The van der Waals surface area contributed by atoms with Crippen molar-refractivity contribution in [2.75, 3.05) is 20.2 Å². The van der Waals surface area contributed by atoms with E-state index >= 15 is 0 Å². The molecule has 51 heavy (non-hydrogen) atoms. The Hall–Kier alpha value is -4.11. The van der Waals surface area contributed by atoms with Gasteiger partial charge in [0.2, 0.25) is 5.79 Å². The Bertz CT molecular complexity index is 2100. The van der Waals surface area contributed by atoms with Gasteiger partial charge in [-0.3, -0.25) is 0 Å². The van der Waals surface area contributed by atoms with Crippen LogP contribution in [0.25, 0.3) is 32.4 Å². The molecule has 3 aliphatic rings. The van der Waals surface area contributed by atoms with Gasteiger partial charge < -0.3 is 55.2 Å². The zero-order valence-electron chi connectivity index (χ0n) is 28.0. The van der Waals surface area contributed by atoms with Gasteiger partial charge in [-0.15, -0.1) is 0 Å². The van der Waals surface area contributed by atoms with Crippen LogP contribution in [0.15, 0.2) is 72.8 Å². The molecule has 0 radical (unpaired) electrons. The van der Waals surface area contributed by atoms with Gasteiger partial charge >= 0.3 is 5.97 Å². The SMILES string of the molecule is CNC[C@H]1C[C@@H]2C[C@@]3(O)[C@@H](O[C@@H]2[C@H](Cc2ccc(O)cc2)[C@@H]1O)[C@H](C(=O)Oc1c(CO)[nH]c2ccc4cc5ccccc5cc4c12)O[C@@]3(O)CO. The Kier molecular flexibility index (Phi) is 8.56. The Morgan fingerprint density at radius 2 is 1.76 bits per heavy atom. The summed E-state index contributed by atoms with van der Waals surface area (Å²) < 4.78 is 18.5. The Labute approximate surface area is 293 Å². The van der Waals surface area contributed by atoms with E-state index in [1.165, 1.54) is 0 Å². The zero-order chi connectivity index (χ0) is 35.7. The van der Waals surface area contributed by atoms with Crippen molar-refractivity contribution in [1.82, 2.24) is 10.3 Å². The number of nitrogens with one attached hydrogen (secondary N) is 2. The van der Waals surface area contributed by atoms with Crippen LogP contribution in [0, 0.1) is 17.8 Å². The maximum atomic E-state index is 14.2. The van der Waals surface area contributed by atoms with Crippen molar-refractivity contribution in [2.24, 2.45) is 17.8 Å². The first kappa shape index (κ1) is 34.0. The molecule has 12 heteroatoms. The Balaban J connectivity index is 1.16. The average molecular weight is 699 g/mol. The van der Waals surface area contributed by atoms with Gasteiger partial charge in [0, 0.05) is 12.5 Å². The van der Waals surface area contributed by atoms with E-state index in [4.69, 9.17) is 14.2 Å². The van der Waals surface area contributed by atoms with Crippen molar-refractivity contribution in [1.29, 1.82) is 0 Å². The van der Waals surface area contributed by atoms with Crippen LogP contribution in [0.3, 0.4) is 0 Å². The molecule has 2 aliphatic heterocycles. The summed E-state index contributed by atoms with van der Waals surface area (Å²) in [6, 6.07) is 22.4. The maximum absolute atomic E-state index is 14.2. The number of aliphatic hydroxyl groups is 5. The molecule has 0 unspecified atom stereocenters. The van der Waals surface area contributed by atoms with Gasteiger partial charge in [0.05, 0.1) is 35.4 Å². The smallest absolute Gasteiger partial charge is 0.343 e. The molecule has 1 aromatic heterocycles. The third kappa shape index (κ3) is 5.49. The van der Waals surface area contributed by atoms with Gasteiger partial charge in [0.1, 0.15) is 18.5 Å². The summed E-state index contributed by atoms with van der Waals surface area (Å²) in [7, 11) is 1.79. The number of fused-ring (bicyclic) bond motifs is 6. The van der Waals surface area contributed by atoms with Gasteiger partial charge in [-0.2, -0.15) is 0 Å². The molecular weight excluding hydrogens is 656 g/mol. The van der Waals surface area contributed by atoms with E-state index < -0.39 is 60.9 Å². The molecule has 2 saturated heterocycles. The topological polar surface area (TPSA) is 194 Å². The second kappa shape index (κ2) is 12.8. The summed E-state index contributed by atoms with van der Waals surface area (Å²) in [5.74, 6) is -4.42. The number of aromatic hydroxyl groups is 1. The number of hydrogen-bond donors (Lipinski definition) is 8. The molecule has 3 heterocycles. The van der Waals surface area contributed by atoms with Crippen LogP contribution in [0.1, 0.15) is 24.1 Å². The van der Waals surface area contributed by atoms with Gasteiger partial charge in [-0.25, -0.2) is 4.79 Å². The van der Waals surface area contributed by atoms with E-state index in [9.17, 15) is 35.4 Å². The van der Waals surface area contributed by atoms with E-state index in [0.29, 0.717) is 30.3 Å². The van der Waals surface area contributed by atoms with E-state index in [1.54, 1.807) is 31.3 Å². The van der Waals surface area contributed by atoms with Gasteiger partial charge in [0.25, 0.3) is 0 Å². The number of phenolic OH excluding ortho intramolecular Hbond substituents is 1. The summed E-state index contributed by atoms with van der Waals surface area (Å²) in [5, 5.41) is 73.4. The molecular formula is C39H42N2O10. The molecule has 5 aromatic rings. The van der Waals surface area contributed by atoms with Crippen LogP contribution in [0.4, 0.5) is 0 Å². The highest BCUT2D eigenvalue weighted by Gasteiger charge is 2.71. The third-order valence-electron chi connectivity index (χ3n) is 11.4. The van der Waals surface area contributed by atoms with E-state index in [2.05, 4.69) is 10.3 Å². The summed E-state index contributed by atoms with van der Waals surface area (Å²) in [4.78, 5) is 17.4.